The second-order valence-electron chi connectivity index (χ2n) is 4.67. The molecule has 1 aromatic rings. The number of hydrogen-bond acceptors (Lipinski definition) is 5. The Labute approximate surface area is 94.6 Å². The largest absolute Gasteiger partial charge is 0.479 e. The third kappa shape index (κ3) is 1.38. The van der Waals surface area contributed by atoms with Crippen molar-refractivity contribution >= 4 is 11.5 Å². The van der Waals surface area contributed by atoms with Gasteiger partial charge in [0.15, 0.2) is 5.82 Å². The summed E-state index contributed by atoms with van der Waals surface area (Å²) in [5.41, 5.74) is 1.31. The molecule has 1 fully saturated rings. The molecule has 1 spiro atoms. The Hall–Kier alpha value is -1.52. The van der Waals surface area contributed by atoms with E-state index >= 15 is 0 Å². The molecule has 0 atom stereocenters. The molecule has 1 aromatic heterocycles. The molecule has 5 nitrogen and oxygen atoms in total. The van der Waals surface area contributed by atoms with E-state index < -0.39 is 0 Å². The zero-order chi connectivity index (χ0) is 11.0. The van der Waals surface area contributed by atoms with Crippen LogP contribution in [0.3, 0.4) is 0 Å². The maximum Gasteiger partial charge on any atom is 0.242 e. The fourth-order valence-corrected chi connectivity index (χ4v) is 2.46. The fraction of sp³-hybridized carbons (Fsp3) is 0.636. The Morgan fingerprint density at radius 1 is 1.25 bits per heavy atom. The Bertz CT molecular complexity index is 403. The molecular weight excluding hydrogens is 204 g/mol. The smallest absolute Gasteiger partial charge is 0.242 e. The predicted molar refractivity (Wildman–Crippen MR) is 61.8 cm³/mol. The summed E-state index contributed by atoms with van der Waals surface area (Å²) in [4.78, 5) is 8.36. The first kappa shape index (κ1) is 9.69. The molecule has 0 saturated heterocycles. The van der Waals surface area contributed by atoms with Crippen molar-refractivity contribution in [2.75, 3.05) is 30.8 Å². The van der Waals surface area contributed by atoms with Crippen LogP contribution in [0.4, 0.5) is 11.5 Å². The van der Waals surface area contributed by atoms with Crippen LogP contribution in [0.5, 0.6) is 5.88 Å². The average molecular weight is 220 g/mol. The van der Waals surface area contributed by atoms with E-state index in [1.807, 2.05) is 0 Å². The van der Waals surface area contributed by atoms with Crippen LogP contribution < -0.4 is 15.4 Å². The third-order valence-electron chi connectivity index (χ3n) is 3.69. The van der Waals surface area contributed by atoms with Crippen molar-refractivity contribution in [3.63, 3.8) is 0 Å². The summed E-state index contributed by atoms with van der Waals surface area (Å²) in [6.45, 7) is 1.98. The minimum absolute atomic E-state index is 0.408. The summed E-state index contributed by atoms with van der Waals surface area (Å²) in [6.07, 6.45) is 5.45. The Balaban J connectivity index is 1.91. The molecule has 16 heavy (non-hydrogen) atoms. The quantitative estimate of drug-likeness (QED) is 0.751. The number of nitrogens with zero attached hydrogens (tertiary/aromatic N) is 2. The van der Waals surface area contributed by atoms with Crippen molar-refractivity contribution in [1.82, 2.24) is 9.97 Å². The average Bonchev–Trinajstić information content (AvgIpc) is 2.47. The lowest BCUT2D eigenvalue weighted by molar-refractivity contribution is 0.171. The first-order chi connectivity index (χ1) is 7.83. The second-order valence-corrected chi connectivity index (χ2v) is 4.67. The molecule has 5 heteroatoms. The molecule has 2 heterocycles. The second kappa shape index (κ2) is 3.50. The van der Waals surface area contributed by atoms with Crippen molar-refractivity contribution in [2.24, 2.45) is 5.41 Å². The molecule has 0 radical (unpaired) electrons. The van der Waals surface area contributed by atoms with Gasteiger partial charge in [0.1, 0.15) is 12.0 Å². The highest BCUT2D eigenvalue weighted by Crippen LogP contribution is 2.44. The van der Waals surface area contributed by atoms with Gasteiger partial charge in [-0.05, 0) is 12.8 Å². The van der Waals surface area contributed by atoms with Gasteiger partial charge in [-0.15, -0.1) is 0 Å². The van der Waals surface area contributed by atoms with E-state index in [9.17, 15) is 0 Å². The Morgan fingerprint density at radius 3 is 2.75 bits per heavy atom. The van der Waals surface area contributed by atoms with Crippen LogP contribution >= 0.6 is 0 Å². The van der Waals surface area contributed by atoms with E-state index in [4.69, 9.17) is 4.74 Å². The van der Waals surface area contributed by atoms with Crippen molar-refractivity contribution in [3.05, 3.63) is 6.33 Å². The first-order valence-electron chi connectivity index (χ1n) is 5.70. The number of rotatable bonds is 1. The number of fused-ring (bicyclic) bond motifs is 1. The molecule has 3 rings (SSSR count). The van der Waals surface area contributed by atoms with E-state index in [2.05, 4.69) is 20.6 Å². The predicted octanol–water partition coefficient (Wildman–Crippen LogP) is 1.49. The molecular formula is C11H16N4O. The van der Waals surface area contributed by atoms with Crippen LogP contribution in [0.2, 0.25) is 0 Å². The van der Waals surface area contributed by atoms with Crippen molar-refractivity contribution in [3.8, 4) is 5.88 Å². The number of ether oxygens (including phenoxy) is 1. The molecule has 1 aliphatic heterocycles. The van der Waals surface area contributed by atoms with Gasteiger partial charge in [-0.3, -0.25) is 0 Å². The van der Waals surface area contributed by atoms with Crippen LogP contribution in [0.25, 0.3) is 0 Å². The third-order valence-corrected chi connectivity index (χ3v) is 3.69. The molecule has 0 amide bonds. The first-order valence-corrected chi connectivity index (χ1v) is 5.70. The summed E-state index contributed by atoms with van der Waals surface area (Å²) < 4.78 is 5.23. The standard InChI is InChI=1S/C11H16N4O/c1-16-10-8-9(14-7-15-10)13-6-11(5-12-8)3-2-4-11/h7,12H,2-6H2,1H3,(H,13,14,15). The van der Waals surface area contributed by atoms with E-state index in [-0.39, 0.29) is 0 Å². The molecule has 0 bridgehead atoms. The summed E-state index contributed by atoms with van der Waals surface area (Å²) in [5, 5.41) is 6.82. The van der Waals surface area contributed by atoms with Crippen LogP contribution in [0.15, 0.2) is 6.33 Å². The lowest BCUT2D eigenvalue weighted by Gasteiger charge is -2.40. The van der Waals surface area contributed by atoms with Crippen LogP contribution in [0.1, 0.15) is 19.3 Å². The maximum absolute atomic E-state index is 5.23. The SMILES string of the molecule is COc1ncnc2c1NCC1(CCC1)CN2. The lowest BCUT2D eigenvalue weighted by Crippen LogP contribution is -2.40. The highest BCUT2D eigenvalue weighted by atomic mass is 16.5. The highest BCUT2D eigenvalue weighted by molar-refractivity contribution is 5.70. The Morgan fingerprint density at radius 2 is 2.06 bits per heavy atom. The number of aromatic nitrogens is 2. The van der Waals surface area contributed by atoms with Crippen molar-refractivity contribution < 1.29 is 4.74 Å². The van der Waals surface area contributed by atoms with Gasteiger partial charge in [0.2, 0.25) is 5.88 Å². The molecule has 2 N–H and O–H groups in total. The van der Waals surface area contributed by atoms with E-state index in [0.717, 1.165) is 24.6 Å². The maximum atomic E-state index is 5.23. The van der Waals surface area contributed by atoms with Crippen LogP contribution in [-0.4, -0.2) is 30.2 Å². The molecule has 0 aromatic carbocycles. The summed E-state index contributed by atoms with van der Waals surface area (Å²) in [6, 6.07) is 0. The van der Waals surface area contributed by atoms with Gasteiger partial charge >= 0.3 is 0 Å². The van der Waals surface area contributed by atoms with Gasteiger partial charge in [-0.2, -0.15) is 4.98 Å². The number of anilines is 2. The van der Waals surface area contributed by atoms with Gasteiger partial charge in [-0.1, -0.05) is 6.42 Å². The molecule has 1 aliphatic carbocycles. The van der Waals surface area contributed by atoms with Gasteiger partial charge in [0, 0.05) is 18.5 Å². The molecule has 1 saturated carbocycles. The van der Waals surface area contributed by atoms with E-state index in [0.29, 0.717) is 11.3 Å². The summed E-state index contributed by atoms with van der Waals surface area (Å²) in [7, 11) is 1.63. The topological polar surface area (TPSA) is 59.1 Å². The minimum Gasteiger partial charge on any atom is -0.479 e. The summed E-state index contributed by atoms with van der Waals surface area (Å²) in [5.74, 6) is 1.48. The van der Waals surface area contributed by atoms with Gasteiger partial charge in [0.05, 0.1) is 7.11 Å². The normalized spacial score (nSPS) is 21.1. The van der Waals surface area contributed by atoms with E-state index in [1.54, 1.807) is 7.11 Å². The zero-order valence-electron chi connectivity index (χ0n) is 9.42. The number of hydrogen-bond donors (Lipinski definition) is 2. The molecule has 86 valence electrons. The van der Waals surface area contributed by atoms with Crippen LogP contribution in [0, 0.1) is 5.41 Å². The van der Waals surface area contributed by atoms with Crippen LogP contribution in [-0.2, 0) is 0 Å². The van der Waals surface area contributed by atoms with Crippen molar-refractivity contribution in [2.45, 2.75) is 19.3 Å². The molecule has 0 unspecified atom stereocenters. The zero-order valence-corrected chi connectivity index (χ0v) is 9.42. The lowest BCUT2D eigenvalue weighted by atomic mass is 9.69. The number of methoxy groups -OCH3 is 1. The minimum atomic E-state index is 0.408. The highest BCUT2D eigenvalue weighted by Gasteiger charge is 2.38. The fourth-order valence-electron chi connectivity index (χ4n) is 2.46. The Kier molecular flexibility index (Phi) is 2.12. The van der Waals surface area contributed by atoms with Gasteiger partial charge < -0.3 is 15.4 Å². The van der Waals surface area contributed by atoms with Gasteiger partial charge in [-0.25, -0.2) is 4.98 Å². The number of nitrogens with one attached hydrogen (secondary N) is 2. The van der Waals surface area contributed by atoms with E-state index in [1.165, 1.54) is 25.6 Å². The van der Waals surface area contributed by atoms with Gasteiger partial charge in [0.25, 0.3) is 0 Å². The monoisotopic (exact) mass is 220 g/mol. The van der Waals surface area contributed by atoms with Crippen molar-refractivity contribution in [1.29, 1.82) is 0 Å². The summed E-state index contributed by atoms with van der Waals surface area (Å²) >= 11 is 0. The molecule has 2 aliphatic rings.